The molecule has 0 aliphatic carbocycles. The second-order valence-electron chi connectivity index (χ2n) is 8.94. The monoisotopic (exact) mass is 537 g/mol. The molecule has 2 aliphatic heterocycles. The Labute approximate surface area is 217 Å². The molecule has 198 valence electrons. The van der Waals surface area contributed by atoms with E-state index in [-0.39, 0.29) is 32.0 Å². The van der Waals surface area contributed by atoms with E-state index in [9.17, 15) is 27.6 Å². The minimum absolute atomic E-state index is 0.0480. The third-order valence-electron chi connectivity index (χ3n) is 6.45. The number of anilines is 2. The number of para-hydroxylation sites is 1. The van der Waals surface area contributed by atoms with Gasteiger partial charge in [-0.1, -0.05) is 29.8 Å². The van der Waals surface area contributed by atoms with E-state index in [0.717, 1.165) is 12.1 Å². The fourth-order valence-corrected chi connectivity index (χ4v) is 4.66. The topological polar surface area (TPSA) is 85.0 Å². The highest BCUT2D eigenvalue weighted by Crippen LogP contribution is 2.32. The van der Waals surface area contributed by atoms with Gasteiger partial charge >= 0.3 is 6.18 Å². The van der Waals surface area contributed by atoms with Crippen LogP contribution in [0.3, 0.4) is 0 Å². The molecule has 1 atom stereocenters. The summed E-state index contributed by atoms with van der Waals surface area (Å²) in [6, 6.07) is 11.0. The van der Waals surface area contributed by atoms with Crippen molar-refractivity contribution in [3.63, 3.8) is 0 Å². The molecule has 0 unspecified atom stereocenters. The van der Waals surface area contributed by atoms with Crippen molar-refractivity contribution in [2.45, 2.75) is 18.6 Å². The lowest BCUT2D eigenvalue weighted by Crippen LogP contribution is -2.60. The van der Waals surface area contributed by atoms with Gasteiger partial charge in [0.25, 0.3) is 0 Å². The fraction of sp³-hybridized carbons (Fsp3) is 0.400. The number of carbonyl (C=O) groups is 3. The standard InChI is InChI=1S/C25H27ClF3N5O3/c26-19-6-1-2-7-20(19)31-22(35)15-21-24(37)30-8-9-34(21)23(36)16-32-10-12-33(13-11-32)18-5-3-4-17(14-18)25(27,28)29/h1-7,14,21H,8-13,15-16H2,(H,30,37)(H,31,35)/t21-/m0/s1. The highest BCUT2D eigenvalue weighted by atomic mass is 35.5. The van der Waals surface area contributed by atoms with E-state index < -0.39 is 29.6 Å². The van der Waals surface area contributed by atoms with E-state index in [1.165, 1.54) is 11.0 Å². The van der Waals surface area contributed by atoms with Crippen LogP contribution in [0.2, 0.25) is 5.02 Å². The van der Waals surface area contributed by atoms with E-state index in [4.69, 9.17) is 11.6 Å². The highest BCUT2D eigenvalue weighted by molar-refractivity contribution is 6.33. The van der Waals surface area contributed by atoms with E-state index in [2.05, 4.69) is 10.6 Å². The van der Waals surface area contributed by atoms with Crippen molar-refractivity contribution in [3.05, 3.63) is 59.1 Å². The van der Waals surface area contributed by atoms with Gasteiger partial charge in [-0.3, -0.25) is 19.3 Å². The summed E-state index contributed by atoms with van der Waals surface area (Å²) < 4.78 is 39.2. The summed E-state index contributed by atoms with van der Waals surface area (Å²) >= 11 is 6.09. The van der Waals surface area contributed by atoms with Crippen molar-refractivity contribution in [2.24, 2.45) is 0 Å². The fourth-order valence-electron chi connectivity index (χ4n) is 4.48. The Morgan fingerprint density at radius 3 is 2.46 bits per heavy atom. The second-order valence-corrected chi connectivity index (χ2v) is 9.34. The molecular weight excluding hydrogens is 511 g/mol. The number of hydrogen-bond donors (Lipinski definition) is 2. The van der Waals surface area contributed by atoms with Crippen molar-refractivity contribution in [3.8, 4) is 0 Å². The van der Waals surface area contributed by atoms with Gasteiger partial charge in [-0.2, -0.15) is 13.2 Å². The van der Waals surface area contributed by atoms with Crippen molar-refractivity contribution in [1.82, 2.24) is 15.1 Å². The lowest BCUT2D eigenvalue weighted by molar-refractivity contribution is -0.145. The van der Waals surface area contributed by atoms with Crippen LogP contribution in [0.15, 0.2) is 48.5 Å². The molecule has 2 N–H and O–H groups in total. The van der Waals surface area contributed by atoms with Crippen LogP contribution in [0.4, 0.5) is 24.5 Å². The Hall–Kier alpha value is -3.31. The molecular formula is C25H27ClF3N5O3. The third kappa shape index (κ3) is 6.72. The molecule has 4 rings (SSSR count). The minimum atomic E-state index is -4.41. The zero-order chi connectivity index (χ0) is 26.6. The summed E-state index contributed by atoms with van der Waals surface area (Å²) in [6.45, 7) is 2.47. The highest BCUT2D eigenvalue weighted by Gasteiger charge is 2.36. The van der Waals surface area contributed by atoms with Crippen molar-refractivity contribution in [1.29, 1.82) is 0 Å². The van der Waals surface area contributed by atoms with Gasteiger partial charge < -0.3 is 20.4 Å². The van der Waals surface area contributed by atoms with Crippen molar-refractivity contribution >= 4 is 40.7 Å². The molecule has 8 nitrogen and oxygen atoms in total. The Morgan fingerprint density at radius 1 is 1.03 bits per heavy atom. The molecule has 2 heterocycles. The molecule has 2 aromatic carbocycles. The maximum atomic E-state index is 13.1. The molecule has 12 heteroatoms. The largest absolute Gasteiger partial charge is 0.416 e. The maximum Gasteiger partial charge on any atom is 0.416 e. The zero-order valence-corrected chi connectivity index (χ0v) is 20.7. The average molecular weight is 538 g/mol. The molecule has 37 heavy (non-hydrogen) atoms. The molecule has 0 spiro atoms. The van der Waals surface area contributed by atoms with Gasteiger partial charge in [0.2, 0.25) is 17.7 Å². The number of alkyl halides is 3. The summed E-state index contributed by atoms with van der Waals surface area (Å²) in [5.74, 6) is -1.12. The summed E-state index contributed by atoms with van der Waals surface area (Å²) in [6.07, 6.45) is -4.63. The number of benzene rings is 2. The predicted molar refractivity (Wildman–Crippen MR) is 133 cm³/mol. The van der Waals surface area contributed by atoms with Crippen LogP contribution < -0.4 is 15.5 Å². The minimum Gasteiger partial charge on any atom is -0.369 e. The van der Waals surface area contributed by atoms with Gasteiger partial charge in [0.05, 0.1) is 29.2 Å². The smallest absolute Gasteiger partial charge is 0.369 e. The lowest BCUT2D eigenvalue weighted by Gasteiger charge is -2.39. The number of piperazine rings is 2. The van der Waals surface area contributed by atoms with Gasteiger partial charge in [-0.25, -0.2) is 0 Å². The van der Waals surface area contributed by atoms with Crippen LogP contribution in [0.5, 0.6) is 0 Å². The van der Waals surface area contributed by atoms with E-state index in [1.54, 1.807) is 30.3 Å². The summed E-state index contributed by atoms with van der Waals surface area (Å²) in [5.41, 5.74) is 0.204. The molecule has 3 amide bonds. The first kappa shape index (κ1) is 26.7. The van der Waals surface area contributed by atoms with Gasteiger partial charge in [0.1, 0.15) is 6.04 Å². The Bertz CT molecular complexity index is 1150. The summed E-state index contributed by atoms with van der Waals surface area (Å²) in [7, 11) is 0. The first-order valence-corrected chi connectivity index (χ1v) is 12.3. The summed E-state index contributed by atoms with van der Waals surface area (Å²) in [4.78, 5) is 43.5. The first-order valence-electron chi connectivity index (χ1n) is 11.9. The van der Waals surface area contributed by atoms with Crippen molar-refractivity contribution < 1.29 is 27.6 Å². The summed E-state index contributed by atoms with van der Waals surface area (Å²) in [5, 5.41) is 5.74. The van der Waals surface area contributed by atoms with Gasteiger partial charge in [0.15, 0.2) is 0 Å². The normalized spacial score (nSPS) is 18.9. The van der Waals surface area contributed by atoms with Crippen LogP contribution in [-0.4, -0.2) is 79.4 Å². The average Bonchev–Trinajstić information content (AvgIpc) is 2.86. The Morgan fingerprint density at radius 2 is 1.76 bits per heavy atom. The SMILES string of the molecule is O=C(C[C@H]1C(=O)NCCN1C(=O)CN1CCN(c2cccc(C(F)(F)F)c2)CC1)Nc1ccccc1Cl. The van der Waals surface area contributed by atoms with Crippen LogP contribution in [0.25, 0.3) is 0 Å². The Balaban J connectivity index is 1.33. The molecule has 0 bridgehead atoms. The number of hydrogen-bond acceptors (Lipinski definition) is 5. The predicted octanol–water partition coefficient (Wildman–Crippen LogP) is 2.84. The Kier molecular flexibility index (Phi) is 8.23. The number of nitrogens with one attached hydrogen (secondary N) is 2. The van der Waals surface area contributed by atoms with E-state index in [1.807, 2.05) is 9.80 Å². The van der Waals surface area contributed by atoms with Crippen LogP contribution in [0, 0.1) is 0 Å². The second kappa shape index (κ2) is 11.4. The van der Waals surface area contributed by atoms with Gasteiger partial charge in [-0.05, 0) is 30.3 Å². The maximum absolute atomic E-state index is 13.1. The lowest BCUT2D eigenvalue weighted by atomic mass is 10.1. The number of rotatable bonds is 6. The number of amides is 3. The van der Waals surface area contributed by atoms with E-state index >= 15 is 0 Å². The molecule has 2 saturated heterocycles. The molecule has 2 aromatic rings. The molecule has 0 aromatic heterocycles. The van der Waals surface area contributed by atoms with E-state index in [0.29, 0.717) is 42.6 Å². The molecule has 0 radical (unpaired) electrons. The quantitative estimate of drug-likeness (QED) is 0.592. The van der Waals surface area contributed by atoms with Crippen LogP contribution in [-0.2, 0) is 20.6 Å². The number of carbonyl (C=O) groups excluding carboxylic acids is 3. The van der Waals surface area contributed by atoms with Gasteiger partial charge in [0, 0.05) is 45.0 Å². The number of nitrogens with zero attached hydrogens (tertiary/aromatic N) is 3. The first-order chi connectivity index (χ1) is 17.6. The number of halogens is 4. The zero-order valence-electron chi connectivity index (χ0n) is 19.9. The van der Waals surface area contributed by atoms with Gasteiger partial charge in [-0.15, -0.1) is 0 Å². The van der Waals surface area contributed by atoms with Crippen LogP contribution >= 0.6 is 11.6 Å². The molecule has 2 fully saturated rings. The molecule has 0 saturated carbocycles. The van der Waals surface area contributed by atoms with Crippen molar-refractivity contribution in [2.75, 3.05) is 56.0 Å². The van der Waals surface area contributed by atoms with Crippen LogP contribution in [0.1, 0.15) is 12.0 Å². The molecule has 2 aliphatic rings. The third-order valence-corrected chi connectivity index (χ3v) is 6.78.